The van der Waals surface area contributed by atoms with E-state index in [0.717, 1.165) is 5.92 Å². The van der Waals surface area contributed by atoms with Crippen LogP contribution in [-0.4, -0.2) is 11.7 Å². The second-order valence-corrected chi connectivity index (χ2v) is 5.62. The molecule has 0 aliphatic heterocycles. The van der Waals surface area contributed by atoms with E-state index in [9.17, 15) is 5.11 Å². The predicted octanol–water partition coefficient (Wildman–Crippen LogP) is 2.98. The third kappa shape index (κ3) is 1.16. The van der Waals surface area contributed by atoms with Gasteiger partial charge in [0.25, 0.3) is 0 Å². The molecular weight excluding hydrogens is 160 g/mol. The third-order valence-corrected chi connectivity index (χ3v) is 5.17. The zero-order chi connectivity index (χ0) is 9.53. The van der Waals surface area contributed by atoms with Crippen molar-refractivity contribution in [3.8, 4) is 0 Å². The molecule has 0 aromatic carbocycles. The molecule has 2 rings (SSSR count). The summed E-state index contributed by atoms with van der Waals surface area (Å²) in [6, 6.07) is 0. The van der Waals surface area contributed by atoms with Crippen molar-refractivity contribution in [2.24, 2.45) is 16.7 Å². The zero-order valence-electron chi connectivity index (χ0n) is 8.97. The van der Waals surface area contributed by atoms with Gasteiger partial charge in [0, 0.05) is 6.61 Å². The summed E-state index contributed by atoms with van der Waals surface area (Å²) < 4.78 is 0. The molecule has 76 valence electrons. The van der Waals surface area contributed by atoms with Gasteiger partial charge in [-0.25, -0.2) is 0 Å². The Kier molecular flexibility index (Phi) is 2.18. The molecule has 2 aliphatic carbocycles. The summed E-state index contributed by atoms with van der Waals surface area (Å²) in [7, 11) is 0. The Bertz CT molecular complexity index is 201. The van der Waals surface area contributed by atoms with E-state index >= 15 is 0 Å². The Balaban J connectivity index is 2.25. The van der Waals surface area contributed by atoms with E-state index in [0.29, 0.717) is 12.0 Å². The van der Waals surface area contributed by atoms with Crippen LogP contribution in [0, 0.1) is 16.7 Å². The highest BCUT2D eigenvalue weighted by molar-refractivity contribution is 5.03. The minimum Gasteiger partial charge on any atom is -0.396 e. The van der Waals surface area contributed by atoms with Crippen LogP contribution in [0.3, 0.4) is 0 Å². The highest BCUT2D eigenvalue weighted by Crippen LogP contribution is 2.61. The number of hydrogen-bond acceptors (Lipinski definition) is 1. The monoisotopic (exact) mass is 182 g/mol. The molecule has 3 unspecified atom stereocenters. The van der Waals surface area contributed by atoms with Crippen molar-refractivity contribution in [1.29, 1.82) is 0 Å². The number of fused-ring (bicyclic) bond motifs is 1. The molecule has 0 bridgehead atoms. The van der Waals surface area contributed by atoms with Gasteiger partial charge in [-0.3, -0.25) is 0 Å². The third-order valence-electron chi connectivity index (χ3n) is 5.17. The van der Waals surface area contributed by atoms with Crippen LogP contribution >= 0.6 is 0 Å². The number of rotatable bonds is 1. The zero-order valence-corrected chi connectivity index (χ0v) is 8.97. The van der Waals surface area contributed by atoms with Crippen LogP contribution in [0.2, 0.25) is 0 Å². The van der Waals surface area contributed by atoms with Crippen LogP contribution in [0.1, 0.15) is 52.4 Å². The van der Waals surface area contributed by atoms with Crippen molar-refractivity contribution < 1.29 is 5.11 Å². The van der Waals surface area contributed by atoms with Crippen LogP contribution in [0.5, 0.6) is 0 Å². The van der Waals surface area contributed by atoms with Gasteiger partial charge >= 0.3 is 0 Å². The first-order valence-corrected chi connectivity index (χ1v) is 5.73. The van der Waals surface area contributed by atoms with Crippen molar-refractivity contribution in [2.45, 2.75) is 52.4 Å². The lowest BCUT2D eigenvalue weighted by molar-refractivity contribution is -0.0127. The lowest BCUT2D eigenvalue weighted by atomic mass is 9.59. The maximum Gasteiger partial charge on any atom is 0.0490 e. The Labute approximate surface area is 81.5 Å². The van der Waals surface area contributed by atoms with Crippen LogP contribution < -0.4 is 0 Å². The second kappa shape index (κ2) is 2.98. The van der Waals surface area contributed by atoms with E-state index in [1.165, 1.54) is 38.5 Å². The van der Waals surface area contributed by atoms with Gasteiger partial charge < -0.3 is 5.11 Å². The predicted molar refractivity (Wildman–Crippen MR) is 54.5 cm³/mol. The van der Waals surface area contributed by atoms with E-state index in [2.05, 4.69) is 13.8 Å². The largest absolute Gasteiger partial charge is 0.396 e. The van der Waals surface area contributed by atoms with E-state index in [4.69, 9.17) is 0 Å². The first-order chi connectivity index (χ1) is 6.12. The SMILES string of the molecule is CC1(CO)CCC2CCCCC21C. The number of hydrogen-bond donors (Lipinski definition) is 1. The molecule has 1 nitrogen and oxygen atoms in total. The van der Waals surface area contributed by atoms with Gasteiger partial charge in [-0.1, -0.05) is 26.7 Å². The molecule has 0 amide bonds. The van der Waals surface area contributed by atoms with Gasteiger partial charge in [-0.15, -0.1) is 0 Å². The molecular formula is C12H22O. The fraction of sp³-hybridized carbons (Fsp3) is 1.00. The summed E-state index contributed by atoms with van der Waals surface area (Å²) in [5.74, 6) is 0.901. The molecule has 0 saturated heterocycles. The van der Waals surface area contributed by atoms with E-state index in [-0.39, 0.29) is 5.41 Å². The van der Waals surface area contributed by atoms with E-state index < -0.39 is 0 Å². The van der Waals surface area contributed by atoms with Crippen molar-refractivity contribution in [1.82, 2.24) is 0 Å². The number of aliphatic hydroxyl groups is 1. The average molecular weight is 182 g/mol. The lowest BCUT2D eigenvalue weighted by Crippen LogP contribution is -2.41. The Morgan fingerprint density at radius 3 is 2.62 bits per heavy atom. The Morgan fingerprint density at radius 1 is 1.15 bits per heavy atom. The topological polar surface area (TPSA) is 20.2 Å². The fourth-order valence-corrected chi connectivity index (χ4v) is 3.70. The van der Waals surface area contributed by atoms with E-state index in [1.807, 2.05) is 0 Å². The fourth-order valence-electron chi connectivity index (χ4n) is 3.70. The molecule has 2 fully saturated rings. The highest BCUT2D eigenvalue weighted by atomic mass is 16.3. The molecule has 0 spiro atoms. The molecule has 1 heteroatoms. The first-order valence-electron chi connectivity index (χ1n) is 5.73. The smallest absolute Gasteiger partial charge is 0.0490 e. The van der Waals surface area contributed by atoms with Crippen molar-refractivity contribution in [2.75, 3.05) is 6.61 Å². The minimum atomic E-state index is 0.220. The van der Waals surface area contributed by atoms with Crippen LogP contribution in [0.25, 0.3) is 0 Å². The standard InChI is InChI=1S/C12H22O/c1-11(9-13)8-6-10-5-3-4-7-12(10,11)2/h10,13H,3-9H2,1-2H3. The molecule has 0 aromatic heterocycles. The van der Waals surface area contributed by atoms with Gasteiger partial charge in [0.1, 0.15) is 0 Å². The minimum absolute atomic E-state index is 0.220. The molecule has 0 radical (unpaired) electrons. The lowest BCUT2D eigenvalue weighted by Gasteiger charge is -2.46. The normalized spacial score (nSPS) is 50.5. The average Bonchev–Trinajstić information content (AvgIpc) is 2.41. The van der Waals surface area contributed by atoms with Crippen LogP contribution in [-0.2, 0) is 0 Å². The molecule has 3 atom stereocenters. The van der Waals surface area contributed by atoms with Crippen molar-refractivity contribution in [3.05, 3.63) is 0 Å². The molecule has 2 aliphatic rings. The molecule has 1 N–H and O–H groups in total. The maximum absolute atomic E-state index is 9.53. The summed E-state index contributed by atoms with van der Waals surface area (Å²) in [5, 5.41) is 9.53. The summed E-state index contributed by atoms with van der Waals surface area (Å²) >= 11 is 0. The highest BCUT2D eigenvalue weighted by Gasteiger charge is 2.54. The Hall–Kier alpha value is -0.0400. The quantitative estimate of drug-likeness (QED) is 0.661. The summed E-state index contributed by atoms with van der Waals surface area (Å²) in [5.41, 5.74) is 0.665. The summed E-state index contributed by atoms with van der Waals surface area (Å²) in [4.78, 5) is 0. The number of aliphatic hydroxyl groups excluding tert-OH is 1. The van der Waals surface area contributed by atoms with Crippen LogP contribution in [0.4, 0.5) is 0 Å². The van der Waals surface area contributed by atoms with Crippen molar-refractivity contribution >= 4 is 0 Å². The van der Waals surface area contributed by atoms with E-state index in [1.54, 1.807) is 0 Å². The molecule has 13 heavy (non-hydrogen) atoms. The first kappa shape index (κ1) is 9.51. The van der Waals surface area contributed by atoms with Crippen LogP contribution in [0.15, 0.2) is 0 Å². The van der Waals surface area contributed by atoms with Gasteiger partial charge in [0.15, 0.2) is 0 Å². The van der Waals surface area contributed by atoms with Gasteiger partial charge in [-0.05, 0) is 42.4 Å². The maximum atomic E-state index is 9.53. The van der Waals surface area contributed by atoms with Gasteiger partial charge in [-0.2, -0.15) is 0 Å². The summed E-state index contributed by atoms with van der Waals surface area (Å²) in [6.45, 7) is 5.10. The van der Waals surface area contributed by atoms with Gasteiger partial charge in [0.05, 0.1) is 0 Å². The second-order valence-electron chi connectivity index (χ2n) is 5.62. The molecule has 2 saturated carbocycles. The van der Waals surface area contributed by atoms with Crippen molar-refractivity contribution in [3.63, 3.8) is 0 Å². The van der Waals surface area contributed by atoms with Gasteiger partial charge in [0.2, 0.25) is 0 Å². The molecule has 0 heterocycles. The Morgan fingerprint density at radius 2 is 1.92 bits per heavy atom. The summed E-state index contributed by atoms with van der Waals surface area (Å²) in [6.07, 6.45) is 8.14. The molecule has 0 aromatic rings.